The van der Waals surface area contributed by atoms with Gasteiger partial charge in [0, 0.05) is 0 Å². The van der Waals surface area contributed by atoms with Gasteiger partial charge in [-0.2, -0.15) is 13.2 Å². The summed E-state index contributed by atoms with van der Waals surface area (Å²) >= 11 is 0. The van der Waals surface area contributed by atoms with Gasteiger partial charge in [0.2, 0.25) is 5.84 Å². The van der Waals surface area contributed by atoms with Crippen LogP contribution in [0.25, 0.3) is 0 Å². The number of alkyl halides is 3. The van der Waals surface area contributed by atoms with Crippen LogP contribution >= 0.6 is 0 Å². The number of sulfonamides is 1. The maximum atomic E-state index is 12.5. The van der Waals surface area contributed by atoms with E-state index in [2.05, 4.69) is 9.73 Å². The number of benzene rings is 1. The first kappa shape index (κ1) is 14.3. The SMILES string of the molecule is COC(=O)C1=Nc2ccc(C(F)(F)F)cc2S(=O)(=O)N1. The van der Waals surface area contributed by atoms with Crippen LogP contribution in [-0.4, -0.2) is 27.3 Å². The Morgan fingerprint density at radius 1 is 1.35 bits per heavy atom. The maximum Gasteiger partial charge on any atom is 0.416 e. The zero-order chi connectivity index (χ0) is 15.1. The molecule has 0 amide bonds. The summed E-state index contributed by atoms with van der Waals surface area (Å²) in [6.07, 6.45) is -4.68. The zero-order valence-corrected chi connectivity index (χ0v) is 10.7. The number of halogens is 3. The van der Waals surface area contributed by atoms with Crippen molar-refractivity contribution < 1.29 is 31.1 Å². The fourth-order valence-electron chi connectivity index (χ4n) is 1.51. The molecule has 0 radical (unpaired) electrons. The molecule has 1 aliphatic rings. The molecule has 0 unspecified atom stereocenters. The third kappa shape index (κ3) is 2.46. The number of fused-ring (bicyclic) bond motifs is 1. The molecule has 0 fully saturated rings. The van der Waals surface area contributed by atoms with Crippen molar-refractivity contribution in [2.24, 2.45) is 4.99 Å². The van der Waals surface area contributed by atoms with Crippen molar-refractivity contribution in [3.05, 3.63) is 23.8 Å². The lowest BCUT2D eigenvalue weighted by Gasteiger charge is -2.17. The average Bonchev–Trinajstić information content (AvgIpc) is 2.35. The van der Waals surface area contributed by atoms with Crippen LogP contribution in [0.5, 0.6) is 0 Å². The lowest BCUT2D eigenvalue weighted by Crippen LogP contribution is -2.39. The molecule has 6 nitrogen and oxygen atoms in total. The minimum Gasteiger partial charge on any atom is -0.463 e. The van der Waals surface area contributed by atoms with Gasteiger partial charge >= 0.3 is 12.1 Å². The van der Waals surface area contributed by atoms with Crippen molar-refractivity contribution >= 4 is 27.5 Å². The Labute approximate surface area is 111 Å². The van der Waals surface area contributed by atoms with E-state index >= 15 is 0 Å². The van der Waals surface area contributed by atoms with Gasteiger partial charge in [-0.3, -0.25) is 4.72 Å². The van der Waals surface area contributed by atoms with Gasteiger partial charge in [-0.25, -0.2) is 18.2 Å². The fourth-order valence-corrected chi connectivity index (χ4v) is 2.67. The molecule has 0 bridgehead atoms. The van der Waals surface area contributed by atoms with E-state index in [0.29, 0.717) is 12.1 Å². The molecule has 2 rings (SSSR count). The Morgan fingerprint density at radius 2 is 2.00 bits per heavy atom. The van der Waals surface area contributed by atoms with Crippen molar-refractivity contribution in [3.63, 3.8) is 0 Å². The maximum absolute atomic E-state index is 12.5. The largest absolute Gasteiger partial charge is 0.463 e. The quantitative estimate of drug-likeness (QED) is 0.790. The number of hydrogen-bond donors (Lipinski definition) is 1. The average molecular weight is 308 g/mol. The molecule has 0 aromatic heterocycles. The van der Waals surface area contributed by atoms with Crippen molar-refractivity contribution in [2.75, 3.05) is 7.11 Å². The molecule has 0 atom stereocenters. The monoisotopic (exact) mass is 308 g/mol. The number of methoxy groups -OCH3 is 1. The number of esters is 1. The first-order valence-electron chi connectivity index (χ1n) is 5.06. The van der Waals surface area contributed by atoms with E-state index in [4.69, 9.17) is 0 Å². The number of amidine groups is 1. The molecule has 0 spiro atoms. The Kier molecular flexibility index (Phi) is 3.20. The predicted molar refractivity (Wildman–Crippen MR) is 60.9 cm³/mol. The van der Waals surface area contributed by atoms with Crippen LogP contribution in [0.3, 0.4) is 0 Å². The summed E-state index contributed by atoms with van der Waals surface area (Å²) in [5, 5.41) is 0. The second-order valence-electron chi connectivity index (χ2n) is 3.74. The molecule has 1 aromatic rings. The molecule has 1 aromatic carbocycles. The summed E-state index contributed by atoms with van der Waals surface area (Å²) in [4.78, 5) is 14.2. The number of hydrogen-bond acceptors (Lipinski definition) is 5. The fraction of sp³-hybridized carbons (Fsp3) is 0.200. The van der Waals surface area contributed by atoms with Crippen molar-refractivity contribution in [2.45, 2.75) is 11.1 Å². The summed E-state index contributed by atoms with van der Waals surface area (Å²) in [7, 11) is -3.30. The van der Waals surface area contributed by atoms with Crippen LogP contribution in [0.1, 0.15) is 5.56 Å². The molecule has 1 N–H and O–H groups in total. The lowest BCUT2D eigenvalue weighted by atomic mass is 10.2. The number of rotatable bonds is 1. The van der Waals surface area contributed by atoms with Crippen molar-refractivity contribution in [1.82, 2.24) is 4.72 Å². The number of ether oxygens (including phenoxy) is 1. The number of aliphatic imine (C=N–C) groups is 1. The second-order valence-corrected chi connectivity index (χ2v) is 5.39. The summed E-state index contributed by atoms with van der Waals surface area (Å²) in [6, 6.07) is 2.01. The smallest absolute Gasteiger partial charge is 0.416 e. The standard InChI is InChI=1S/C10H7F3N2O4S/c1-19-9(16)8-14-6-3-2-5(10(11,12)13)4-7(6)20(17,18)15-8/h2-4H,1H3,(H,14,15). The van der Waals surface area contributed by atoms with Gasteiger partial charge in [-0.05, 0) is 18.2 Å². The van der Waals surface area contributed by atoms with Crippen LogP contribution in [0, 0.1) is 0 Å². The Balaban J connectivity index is 2.62. The molecular weight excluding hydrogens is 301 g/mol. The van der Waals surface area contributed by atoms with E-state index in [-0.39, 0.29) is 5.69 Å². The Morgan fingerprint density at radius 3 is 2.55 bits per heavy atom. The van der Waals surface area contributed by atoms with Gasteiger partial charge in [0.15, 0.2) is 0 Å². The molecule has 1 heterocycles. The van der Waals surface area contributed by atoms with Crippen LogP contribution in [0.2, 0.25) is 0 Å². The van der Waals surface area contributed by atoms with E-state index < -0.39 is 38.5 Å². The van der Waals surface area contributed by atoms with Gasteiger partial charge in [-0.15, -0.1) is 0 Å². The van der Waals surface area contributed by atoms with Crippen molar-refractivity contribution in [1.29, 1.82) is 0 Å². The van der Waals surface area contributed by atoms with E-state index in [1.807, 2.05) is 0 Å². The lowest BCUT2D eigenvalue weighted by molar-refractivity contribution is -0.137. The summed E-state index contributed by atoms with van der Waals surface area (Å²) < 4.78 is 67.3. The topological polar surface area (TPSA) is 84.8 Å². The summed E-state index contributed by atoms with van der Waals surface area (Å²) in [5.41, 5.74) is -1.39. The third-order valence-electron chi connectivity index (χ3n) is 2.42. The molecule has 0 aliphatic carbocycles. The molecule has 20 heavy (non-hydrogen) atoms. The number of nitrogens with one attached hydrogen (secondary N) is 1. The van der Waals surface area contributed by atoms with Crippen LogP contribution < -0.4 is 4.72 Å². The first-order chi connectivity index (χ1) is 9.15. The summed E-state index contributed by atoms with van der Waals surface area (Å²) in [5.74, 6) is -1.65. The minimum absolute atomic E-state index is 0.267. The highest BCUT2D eigenvalue weighted by atomic mass is 32.2. The zero-order valence-electron chi connectivity index (χ0n) is 9.85. The molecule has 1 aliphatic heterocycles. The van der Waals surface area contributed by atoms with E-state index in [1.54, 1.807) is 4.72 Å². The molecule has 10 heteroatoms. The molecule has 0 saturated heterocycles. The van der Waals surface area contributed by atoms with E-state index in [0.717, 1.165) is 13.2 Å². The van der Waals surface area contributed by atoms with E-state index in [1.165, 1.54) is 0 Å². The Hall–Kier alpha value is -2.10. The highest BCUT2D eigenvalue weighted by Crippen LogP contribution is 2.35. The van der Waals surface area contributed by atoms with E-state index in [9.17, 15) is 26.4 Å². The minimum atomic E-state index is -4.68. The summed E-state index contributed by atoms with van der Waals surface area (Å²) in [6.45, 7) is 0. The van der Waals surface area contributed by atoms with Gasteiger partial charge in [-0.1, -0.05) is 0 Å². The first-order valence-corrected chi connectivity index (χ1v) is 6.54. The third-order valence-corrected chi connectivity index (χ3v) is 3.79. The Bertz CT molecular complexity index is 710. The highest BCUT2D eigenvalue weighted by molar-refractivity contribution is 7.90. The van der Waals surface area contributed by atoms with Crippen molar-refractivity contribution in [3.8, 4) is 0 Å². The van der Waals surface area contributed by atoms with Gasteiger partial charge in [0.05, 0.1) is 18.4 Å². The van der Waals surface area contributed by atoms with Gasteiger partial charge < -0.3 is 4.74 Å². The van der Waals surface area contributed by atoms with Crippen LogP contribution in [-0.2, 0) is 25.7 Å². The molecular formula is C10H7F3N2O4S. The number of nitrogens with zero attached hydrogens (tertiary/aromatic N) is 1. The normalized spacial score (nSPS) is 16.7. The molecule has 108 valence electrons. The number of carbonyl (C=O) groups is 1. The second kappa shape index (κ2) is 4.47. The predicted octanol–water partition coefficient (Wildman–Crippen LogP) is 1.20. The number of carbonyl (C=O) groups excluding carboxylic acids is 1. The van der Waals surface area contributed by atoms with Crippen LogP contribution in [0.15, 0.2) is 28.1 Å². The molecule has 0 saturated carbocycles. The highest BCUT2D eigenvalue weighted by Gasteiger charge is 2.35. The van der Waals surface area contributed by atoms with Crippen LogP contribution in [0.4, 0.5) is 18.9 Å². The van der Waals surface area contributed by atoms with Gasteiger partial charge in [0.1, 0.15) is 4.90 Å². The van der Waals surface area contributed by atoms with Gasteiger partial charge in [0.25, 0.3) is 10.0 Å².